The number of phenolic OH excluding ortho intramolecular Hbond substituents is 3. The summed E-state index contributed by atoms with van der Waals surface area (Å²) in [6.45, 7) is 11.7. The van der Waals surface area contributed by atoms with Crippen molar-refractivity contribution in [2.45, 2.75) is 39.8 Å². The largest absolute Gasteiger partial charge is 0.507 e. The molecule has 256 valence electrons. The van der Waals surface area contributed by atoms with Crippen LogP contribution < -0.4 is 4.74 Å². The van der Waals surface area contributed by atoms with E-state index in [1.165, 1.54) is 0 Å². The van der Waals surface area contributed by atoms with Crippen LogP contribution in [0.4, 0.5) is 0 Å². The summed E-state index contributed by atoms with van der Waals surface area (Å²) < 4.78 is 29.4. The minimum Gasteiger partial charge on any atom is -0.507 e. The SMILES string of the molecule is COc1cc2c(O)c(c1)Cc1cc(C)cc(c1O)CN1CCOCCOCCN(CCOCCOCC1)Cc1cc(C)cc(c1O)C2. The summed E-state index contributed by atoms with van der Waals surface area (Å²) in [7, 11) is 1.60. The number of methoxy groups -OCH3 is 1. The molecule has 3 aromatic carbocycles. The molecule has 47 heavy (non-hydrogen) atoms. The standard InChI is InChI=1S/C37H50N2O8/c1-26-16-28-20-30-22-34(43-3)23-31(35(30)40)21-29-17-27(2)19-33(37(29)42)25-39-6-10-46-14-12-44-8-4-38(24-32(18-26)36(28)41)5-9-45-13-15-47-11-7-39/h16-19,22-23,40-42H,4-15,20-21,24-25H2,1-3H3. The van der Waals surface area contributed by atoms with E-state index in [-0.39, 0.29) is 17.2 Å². The zero-order valence-electron chi connectivity index (χ0n) is 28.1. The first-order chi connectivity index (χ1) is 22.8. The van der Waals surface area contributed by atoms with E-state index in [0.29, 0.717) is 133 Å². The van der Waals surface area contributed by atoms with Crippen LogP contribution in [0, 0.1) is 13.8 Å². The maximum atomic E-state index is 11.6. The lowest BCUT2D eigenvalue weighted by atomic mass is 9.93. The Hall–Kier alpha value is -3.38. The van der Waals surface area contributed by atoms with Gasteiger partial charge in [0.1, 0.15) is 23.0 Å². The zero-order chi connectivity index (χ0) is 33.2. The second kappa shape index (κ2) is 17.1. The van der Waals surface area contributed by atoms with Gasteiger partial charge in [0, 0.05) is 74.4 Å². The molecule has 6 rings (SSSR count). The van der Waals surface area contributed by atoms with Gasteiger partial charge in [0.2, 0.25) is 0 Å². The molecule has 10 heteroatoms. The number of ether oxygens (including phenoxy) is 5. The summed E-state index contributed by atoms with van der Waals surface area (Å²) in [6.07, 6.45) is 0.617. The summed E-state index contributed by atoms with van der Waals surface area (Å²) >= 11 is 0. The lowest BCUT2D eigenvalue weighted by molar-refractivity contribution is 0.00611. The Morgan fingerprint density at radius 3 is 1.17 bits per heavy atom. The van der Waals surface area contributed by atoms with Crippen LogP contribution in [0.5, 0.6) is 23.0 Å². The fourth-order valence-electron chi connectivity index (χ4n) is 6.35. The van der Waals surface area contributed by atoms with E-state index in [2.05, 4.69) is 9.80 Å². The fraction of sp³-hybridized carbons (Fsp3) is 0.514. The number of hydrogen-bond acceptors (Lipinski definition) is 10. The van der Waals surface area contributed by atoms with Crippen LogP contribution in [0.15, 0.2) is 36.4 Å². The molecule has 3 N–H and O–H groups in total. The second-order valence-corrected chi connectivity index (χ2v) is 12.5. The van der Waals surface area contributed by atoms with E-state index < -0.39 is 0 Å². The van der Waals surface area contributed by atoms with Crippen molar-refractivity contribution in [1.82, 2.24) is 9.80 Å². The predicted molar refractivity (Wildman–Crippen MR) is 180 cm³/mol. The monoisotopic (exact) mass is 650 g/mol. The van der Waals surface area contributed by atoms with Crippen LogP contribution in [0.25, 0.3) is 0 Å². The van der Waals surface area contributed by atoms with Crippen LogP contribution in [-0.4, -0.2) is 111 Å². The lowest BCUT2D eigenvalue weighted by Gasteiger charge is -2.25. The molecule has 0 radical (unpaired) electrons. The van der Waals surface area contributed by atoms with E-state index in [1.54, 1.807) is 7.11 Å². The van der Waals surface area contributed by atoms with E-state index in [1.807, 2.05) is 50.2 Å². The third-order valence-corrected chi connectivity index (χ3v) is 8.80. The molecule has 10 nitrogen and oxygen atoms in total. The van der Waals surface area contributed by atoms with Gasteiger partial charge in [-0.15, -0.1) is 0 Å². The molecule has 1 fully saturated rings. The van der Waals surface area contributed by atoms with Gasteiger partial charge in [-0.2, -0.15) is 0 Å². The predicted octanol–water partition coefficient (Wildman–Crippen LogP) is 4.31. The van der Waals surface area contributed by atoms with E-state index in [9.17, 15) is 15.3 Å². The first kappa shape index (κ1) is 34.9. The molecule has 0 saturated carbocycles. The Bertz CT molecular complexity index is 1350. The molecule has 0 spiro atoms. The van der Waals surface area contributed by atoms with Crippen molar-refractivity contribution < 1.29 is 39.0 Å². The number of aromatic hydroxyl groups is 3. The zero-order valence-corrected chi connectivity index (χ0v) is 28.1. The molecular formula is C37H50N2O8. The van der Waals surface area contributed by atoms with Crippen LogP contribution in [0.1, 0.15) is 44.5 Å². The molecule has 0 amide bonds. The van der Waals surface area contributed by atoms with Crippen molar-refractivity contribution in [3.05, 3.63) is 80.9 Å². The van der Waals surface area contributed by atoms with Crippen molar-refractivity contribution in [2.24, 2.45) is 0 Å². The highest BCUT2D eigenvalue weighted by molar-refractivity contribution is 5.54. The van der Waals surface area contributed by atoms with Crippen molar-refractivity contribution in [3.63, 3.8) is 0 Å². The quantitative estimate of drug-likeness (QED) is 0.352. The number of rotatable bonds is 1. The first-order valence-corrected chi connectivity index (χ1v) is 16.6. The molecule has 3 heterocycles. The van der Waals surface area contributed by atoms with Gasteiger partial charge in [-0.25, -0.2) is 0 Å². The van der Waals surface area contributed by atoms with Crippen LogP contribution in [-0.2, 0) is 44.9 Å². The van der Waals surface area contributed by atoms with Crippen molar-refractivity contribution in [1.29, 1.82) is 0 Å². The third-order valence-electron chi connectivity index (χ3n) is 8.80. The third kappa shape index (κ3) is 9.82. The number of benzene rings is 3. The Morgan fingerprint density at radius 2 is 0.809 bits per heavy atom. The number of hydrogen-bond donors (Lipinski definition) is 3. The molecule has 1 saturated heterocycles. The summed E-state index contributed by atoms with van der Waals surface area (Å²) in [5, 5.41) is 34.7. The number of phenols is 3. The Balaban J connectivity index is 1.57. The van der Waals surface area contributed by atoms with Gasteiger partial charge in [0.25, 0.3) is 0 Å². The average molecular weight is 651 g/mol. The van der Waals surface area contributed by atoms with Crippen molar-refractivity contribution in [3.8, 4) is 23.0 Å². The van der Waals surface area contributed by atoms with Crippen molar-refractivity contribution >= 4 is 0 Å². The van der Waals surface area contributed by atoms with Crippen LogP contribution in [0.3, 0.4) is 0 Å². The van der Waals surface area contributed by atoms with E-state index in [4.69, 9.17) is 23.7 Å². The van der Waals surface area contributed by atoms with E-state index in [0.717, 1.165) is 22.3 Å². The molecular weight excluding hydrogens is 600 g/mol. The van der Waals surface area contributed by atoms with Gasteiger partial charge in [-0.05, 0) is 37.1 Å². The molecule has 3 aliphatic heterocycles. The smallest absolute Gasteiger partial charge is 0.123 e. The van der Waals surface area contributed by atoms with Gasteiger partial charge in [0.05, 0.1) is 60.0 Å². The van der Waals surface area contributed by atoms with Crippen LogP contribution >= 0.6 is 0 Å². The molecule has 3 aliphatic rings. The minimum absolute atomic E-state index is 0.124. The molecule has 0 aliphatic carbocycles. The normalized spacial score (nSPS) is 20.9. The number of fused-ring (bicyclic) bond motifs is 14. The van der Waals surface area contributed by atoms with Crippen LogP contribution in [0.2, 0.25) is 0 Å². The Kier molecular flexibility index (Phi) is 12.7. The Morgan fingerprint density at radius 1 is 0.489 bits per heavy atom. The molecule has 0 atom stereocenters. The highest BCUT2D eigenvalue weighted by Crippen LogP contribution is 2.37. The second-order valence-electron chi connectivity index (χ2n) is 12.5. The van der Waals surface area contributed by atoms with E-state index >= 15 is 0 Å². The summed E-state index contributed by atoms with van der Waals surface area (Å²) in [4.78, 5) is 4.44. The molecule has 3 aromatic rings. The minimum atomic E-state index is 0.124. The summed E-state index contributed by atoms with van der Waals surface area (Å²) in [5.41, 5.74) is 6.34. The highest BCUT2D eigenvalue weighted by Gasteiger charge is 2.20. The van der Waals surface area contributed by atoms with Gasteiger partial charge in [-0.3, -0.25) is 9.80 Å². The molecule has 0 aromatic heterocycles. The number of aryl methyl sites for hydroxylation is 2. The maximum absolute atomic E-state index is 11.6. The molecule has 0 unspecified atom stereocenters. The average Bonchev–Trinajstić information content (AvgIpc) is 3.04. The van der Waals surface area contributed by atoms with Gasteiger partial charge in [0.15, 0.2) is 0 Å². The summed E-state index contributed by atoms with van der Waals surface area (Å²) in [5.74, 6) is 1.13. The fourth-order valence-corrected chi connectivity index (χ4v) is 6.35. The maximum Gasteiger partial charge on any atom is 0.123 e. The Labute approximate surface area is 278 Å². The highest BCUT2D eigenvalue weighted by atomic mass is 16.5. The van der Waals surface area contributed by atoms with Crippen molar-refractivity contribution in [2.75, 3.05) is 86.1 Å². The number of nitrogens with zero attached hydrogens (tertiary/aromatic N) is 2. The topological polar surface area (TPSA) is 113 Å². The molecule has 8 bridgehead atoms. The first-order valence-electron chi connectivity index (χ1n) is 16.6. The van der Waals surface area contributed by atoms with Gasteiger partial charge < -0.3 is 39.0 Å². The van der Waals surface area contributed by atoms with Gasteiger partial charge in [-0.1, -0.05) is 35.4 Å². The summed E-state index contributed by atoms with van der Waals surface area (Å²) in [6, 6.07) is 11.6. The van der Waals surface area contributed by atoms with Gasteiger partial charge >= 0.3 is 0 Å². The lowest BCUT2D eigenvalue weighted by Crippen LogP contribution is -2.33.